The van der Waals surface area contributed by atoms with Crippen LogP contribution < -0.4 is 0 Å². The molecule has 0 spiro atoms. The molecule has 0 aromatic rings. The van der Waals surface area contributed by atoms with E-state index in [1.54, 1.807) is 6.08 Å². The van der Waals surface area contributed by atoms with E-state index < -0.39 is 0 Å². The first kappa shape index (κ1) is 8.54. The second-order valence-electron chi connectivity index (χ2n) is 2.91. The Morgan fingerprint density at radius 2 is 2.09 bits per heavy atom. The summed E-state index contributed by atoms with van der Waals surface area (Å²) >= 11 is 0. The lowest BCUT2D eigenvalue weighted by molar-refractivity contribution is 0.341. The number of aliphatic hydroxyl groups is 1. The highest BCUT2D eigenvalue weighted by Gasteiger charge is 1.86. The number of allylic oxidation sites excluding steroid dienone is 3. The van der Waals surface area contributed by atoms with E-state index in [1.807, 2.05) is 20.8 Å². The summed E-state index contributed by atoms with van der Waals surface area (Å²) in [6.45, 7) is 5.99. The van der Waals surface area contributed by atoms with Crippen molar-refractivity contribution in [3.05, 3.63) is 23.3 Å². The lowest BCUT2D eigenvalue weighted by Crippen LogP contribution is -1.80. The molecule has 0 fully saturated rings. The minimum Gasteiger partial charge on any atom is -0.392 e. The molecule has 0 amide bonds. The summed E-state index contributed by atoms with van der Waals surface area (Å²) < 4.78 is 7.54. The SMILES string of the molecule is [2H]C(CC/C(C)=C/CO)=C(C)C. The molecule has 0 aliphatic heterocycles. The van der Waals surface area contributed by atoms with E-state index >= 15 is 0 Å². The van der Waals surface area contributed by atoms with Crippen LogP contribution in [-0.2, 0) is 0 Å². The van der Waals surface area contributed by atoms with Gasteiger partial charge in [-0.1, -0.05) is 23.3 Å². The second kappa shape index (κ2) is 6.17. The van der Waals surface area contributed by atoms with E-state index in [2.05, 4.69) is 0 Å². The first-order valence-corrected chi connectivity index (χ1v) is 3.97. The van der Waals surface area contributed by atoms with Crippen LogP contribution in [0.2, 0.25) is 0 Å². The third kappa shape index (κ3) is 7.34. The molecule has 0 heterocycles. The molecule has 0 aliphatic rings. The highest BCUT2D eigenvalue weighted by Crippen LogP contribution is 2.05. The summed E-state index contributed by atoms with van der Waals surface area (Å²) in [5, 5.41) is 8.58. The van der Waals surface area contributed by atoms with Gasteiger partial charge in [0.05, 0.1) is 7.98 Å². The molecule has 11 heavy (non-hydrogen) atoms. The topological polar surface area (TPSA) is 20.2 Å². The van der Waals surface area contributed by atoms with Crippen LogP contribution in [0.4, 0.5) is 0 Å². The van der Waals surface area contributed by atoms with Gasteiger partial charge in [0, 0.05) is 0 Å². The maximum Gasteiger partial charge on any atom is 0.0614 e. The van der Waals surface area contributed by atoms with Crippen LogP contribution >= 0.6 is 0 Å². The molecule has 0 aromatic carbocycles. The molecule has 64 valence electrons. The standard InChI is InChI=1S/C10H18O/c1-9(2)5-4-6-10(3)7-8-11/h5,7,11H,4,6,8H2,1-3H3/b10-7+/i5D. The highest BCUT2D eigenvalue weighted by atomic mass is 16.2. The Labute approximate surface area is 70.8 Å². The summed E-state index contributed by atoms with van der Waals surface area (Å²) in [5.74, 6) is 0. The zero-order valence-corrected chi connectivity index (χ0v) is 7.65. The van der Waals surface area contributed by atoms with Crippen LogP contribution in [-0.4, -0.2) is 11.7 Å². The van der Waals surface area contributed by atoms with Gasteiger partial charge in [-0.25, -0.2) is 0 Å². The molecule has 0 radical (unpaired) electrons. The molecule has 0 saturated carbocycles. The lowest BCUT2D eigenvalue weighted by Gasteiger charge is -1.96. The Bertz CT molecular complexity index is 188. The average molecular weight is 155 g/mol. The van der Waals surface area contributed by atoms with Gasteiger partial charge in [0.25, 0.3) is 0 Å². The number of rotatable bonds is 4. The molecular formula is C10H18O. The number of hydrogen-bond donors (Lipinski definition) is 1. The molecule has 0 atom stereocenters. The molecule has 0 rings (SSSR count). The quantitative estimate of drug-likeness (QED) is 0.619. The minimum absolute atomic E-state index is 0.105. The van der Waals surface area contributed by atoms with Crippen molar-refractivity contribution in [3.63, 3.8) is 0 Å². The lowest BCUT2D eigenvalue weighted by atomic mass is 10.1. The summed E-state index contributed by atoms with van der Waals surface area (Å²) in [7, 11) is 0. The summed E-state index contributed by atoms with van der Waals surface area (Å²) in [6, 6.07) is 0.709. The van der Waals surface area contributed by atoms with E-state index in [1.165, 1.54) is 0 Å². The predicted octanol–water partition coefficient (Wildman–Crippen LogP) is 2.67. The van der Waals surface area contributed by atoms with Gasteiger partial charge in [0.2, 0.25) is 0 Å². The molecule has 0 saturated heterocycles. The normalized spacial score (nSPS) is 12.7. The van der Waals surface area contributed by atoms with Crippen molar-refractivity contribution in [2.45, 2.75) is 33.6 Å². The Hall–Kier alpha value is -0.560. The van der Waals surface area contributed by atoms with Gasteiger partial charge in [-0.15, -0.1) is 0 Å². The maximum atomic E-state index is 8.58. The van der Waals surface area contributed by atoms with Crippen molar-refractivity contribution < 1.29 is 6.48 Å². The van der Waals surface area contributed by atoms with Gasteiger partial charge < -0.3 is 5.11 Å². The summed E-state index contributed by atoms with van der Waals surface area (Å²) in [4.78, 5) is 0. The fraction of sp³-hybridized carbons (Fsp3) is 0.600. The van der Waals surface area contributed by atoms with Crippen LogP contribution in [0.3, 0.4) is 0 Å². The van der Waals surface area contributed by atoms with Crippen LogP contribution in [0.5, 0.6) is 0 Å². The Morgan fingerprint density at radius 1 is 1.45 bits per heavy atom. The van der Waals surface area contributed by atoms with E-state index in [4.69, 9.17) is 6.48 Å². The molecule has 0 aromatic heterocycles. The van der Waals surface area contributed by atoms with Gasteiger partial charge >= 0.3 is 0 Å². The molecule has 1 N–H and O–H groups in total. The Balaban J connectivity index is 3.84. The largest absolute Gasteiger partial charge is 0.392 e. The van der Waals surface area contributed by atoms with Gasteiger partial charge in [-0.05, 0) is 33.6 Å². The van der Waals surface area contributed by atoms with Crippen LogP contribution in [0.1, 0.15) is 35.0 Å². The minimum atomic E-state index is 0.105. The first-order valence-electron chi connectivity index (χ1n) is 4.47. The molecule has 0 bridgehead atoms. The fourth-order valence-electron chi connectivity index (χ4n) is 0.768. The van der Waals surface area contributed by atoms with Crippen molar-refractivity contribution in [2.24, 2.45) is 0 Å². The van der Waals surface area contributed by atoms with E-state index in [0.29, 0.717) is 6.05 Å². The Kier molecular flexibility index (Phi) is 4.79. The third-order valence-electron chi connectivity index (χ3n) is 1.44. The number of hydrogen-bond acceptors (Lipinski definition) is 1. The van der Waals surface area contributed by atoms with Crippen molar-refractivity contribution in [2.75, 3.05) is 6.61 Å². The monoisotopic (exact) mass is 155 g/mol. The smallest absolute Gasteiger partial charge is 0.0614 e. The molecule has 1 heteroatoms. The van der Waals surface area contributed by atoms with Gasteiger partial charge in [-0.2, -0.15) is 0 Å². The summed E-state index contributed by atoms with van der Waals surface area (Å²) in [6.07, 6.45) is 3.45. The third-order valence-corrected chi connectivity index (χ3v) is 1.44. The second-order valence-corrected chi connectivity index (χ2v) is 2.91. The molecule has 1 nitrogen and oxygen atoms in total. The zero-order valence-electron chi connectivity index (χ0n) is 8.65. The zero-order chi connectivity index (χ0) is 9.56. The fourth-order valence-corrected chi connectivity index (χ4v) is 0.768. The van der Waals surface area contributed by atoms with Crippen molar-refractivity contribution in [3.8, 4) is 0 Å². The highest BCUT2D eigenvalue weighted by molar-refractivity contribution is 5.01. The van der Waals surface area contributed by atoms with E-state index in [9.17, 15) is 0 Å². The predicted molar refractivity (Wildman–Crippen MR) is 49.5 cm³/mol. The molecule has 0 aliphatic carbocycles. The van der Waals surface area contributed by atoms with Gasteiger partial charge in [-0.3, -0.25) is 0 Å². The molecular weight excluding hydrogens is 136 g/mol. The number of aliphatic hydroxyl groups excluding tert-OH is 1. The van der Waals surface area contributed by atoms with Gasteiger partial charge in [0.1, 0.15) is 0 Å². The van der Waals surface area contributed by atoms with Crippen LogP contribution in [0, 0.1) is 0 Å². The van der Waals surface area contributed by atoms with Crippen LogP contribution in [0.15, 0.2) is 23.3 Å². The summed E-state index contributed by atoms with van der Waals surface area (Å²) in [5.41, 5.74) is 2.23. The van der Waals surface area contributed by atoms with Crippen molar-refractivity contribution in [1.29, 1.82) is 0 Å². The Morgan fingerprint density at radius 3 is 2.55 bits per heavy atom. The van der Waals surface area contributed by atoms with Crippen LogP contribution in [0.25, 0.3) is 0 Å². The van der Waals surface area contributed by atoms with E-state index in [0.717, 1.165) is 24.0 Å². The van der Waals surface area contributed by atoms with E-state index in [-0.39, 0.29) is 6.61 Å². The average Bonchev–Trinajstić information content (AvgIpc) is 2.00. The van der Waals surface area contributed by atoms with Crippen molar-refractivity contribution >= 4 is 0 Å². The first-order chi connectivity index (χ1) is 5.57. The molecule has 0 unspecified atom stereocenters. The van der Waals surface area contributed by atoms with Crippen molar-refractivity contribution in [1.82, 2.24) is 0 Å². The van der Waals surface area contributed by atoms with Gasteiger partial charge in [0.15, 0.2) is 0 Å². The maximum absolute atomic E-state index is 8.58.